The number of halogens is 1. The predicted molar refractivity (Wildman–Crippen MR) is 191 cm³/mol. The minimum Gasteiger partial charge on any atom is -0.347 e. The normalized spacial score (nSPS) is 27.0. The summed E-state index contributed by atoms with van der Waals surface area (Å²) in [6.07, 6.45) is 9.32. The first kappa shape index (κ1) is 39.4. The van der Waals surface area contributed by atoms with Crippen molar-refractivity contribution < 1.29 is 36.8 Å². The number of hydrogen-bond donors (Lipinski definition) is 4. The highest BCUT2D eigenvalue weighted by molar-refractivity contribution is 7.92. The Morgan fingerprint density at radius 3 is 2.12 bits per heavy atom. The number of amides is 5. The number of carbonyl (C=O) groups is 5. The molecule has 14 heteroatoms. The van der Waals surface area contributed by atoms with Gasteiger partial charge in [-0.2, -0.15) is 0 Å². The fraction of sp³-hybridized carbons (Fsp3) is 0.865. The number of hydrogen-bond acceptors (Lipinski definition) is 7. The molecule has 4 N–H and O–H groups in total. The Kier molecular flexibility index (Phi) is 11.8. The predicted octanol–water partition coefficient (Wildman–Crippen LogP) is 3.72. The van der Waals surface area contributed by atoms with E-state index in [1.807, 2.05) is 13.8 Å². The zero-order chi connectivity index (χ0) is 37.4. The fourth-order valence-corrected chi connectivity index (χ4v) is 10.3. The third-order valence-electron chi connectivity index (χ3n) is 12.4. The van der Waals surface area contributed by atoms with E-state index in [9.17, 15) is 36.8 Å². The van der Waals surface area contributed by atoms with E-state index in [1.165, 1.54) is 4.90 Å². The summed E-state index contributed by atoms with van der Waals surface area (Å²) in [5.41, 5.74) is -1.19. The van der Waals surface area contributed by atoms with E-state index in [0.29, 0.717) is 19.4 Å². The molecule has 4 aliphatic carbocycles. The van der Waals surface area contributed by atoms with E-state index in [-0.39, 0.29) is 53.7 Å². The van der Waals surface area contributed by atoms with Crippen molar-refractivity contribution in [3.05, 3.63) is 0 Å². The monoisotopic (exact) mass is 737 g/mol. The second-order valence-electron chi connectivity index (χ2n) is 17.6. The lowest BCUT2D eigenvalue weighted by atomic mass is 9.82. The SMILES string of the molecule is CC1(C)[C@@H]2[C@@H](C(=O)NC(CCCF)C(=O)C(=O)NC3CC3)N(C(=O)[C@@H](NC(=O)NC3(CS(=O)(=O)C(C)(C)C)CCCCC3)C3CCCCC3)C[C@@H]21. The second kappa shape index (κ2) is 15.3. The molecule has 0 spiro atoms. The van der Waals surface area contributed by atoms with Crippen LogP contribution in [0.15, 0.2) is 0 Å². The van der Waals surface area contributed by atoms with Gasteiger partial charge in [-0.05, 0) is 95.3 Å². The molecule has 5 rings (SSSR count). The highest BCUT2D eigenvalue weighted by Gasteiger charge is 2.70. The van der Waals surface area contributed by atoms with E-state index in [2.05, 4.69) is 21.3 Å². The summed E-state index contributed by atoms with van der Waals surface area (Å²) < 4.78 is 39.0. The van der Waals surface area contributed by atoms with Gasteiger partial charge in [-0.25, -0.2) is 13.2 Å². The molecular weight excluding hydrogens is 677 g/mol. The molecule has 0 aromatic carbocycles. The van der Waals surface area contributed by atoms with Gasteiger partial charge in [0.2, 0.25) is 17.6 Å². The van der Waals surface area contributed by atoms with Crippen LogP contribution in [0.2, 0.25) is 0 Å². The van der Waals surface area contributed by atoms with Crippen molar-refractivity contribution in [1.29, 1.82) is 0 Å². The number of nitrogens with zero attached hydrogens (tertiary/aromatic N) is 1. The van der Waals surface area contributed by atoms with Crippen LogP contribution in [-0.4, -0.2) is 96.3 Å². The van der Waals surface area contributed by atoms with Gasteiger partial charge >= 0.3 is 6.03 Å². The van der Waals surface area contributed by atoms with Gasteiger partial charge in [0, 0.05) is 12.6 Å². The summed E-state index contributed by atoms with van der Waals surface area (Å²) in [5, 5.41) is 11.4. The van der Waals surface area contributed by atoms with Crippen LogP contribution in [0.3, 0.4) is 0 Å². The number of alkyl halides is 1. The van der Waals surface area contributed by atoms with Gasteiger partial charge in [-0.3, -0.25) is 23.6 Å². The molecule has 4 saturated carbocycles. The highest BCUT2D eigenvalue weighted by atomic mass is 32.2. The molecule has 0 aromatic rings. The molecule has 1 saturated heterocycles. The number of Topliss-reactive ketones (excluding diaryl/α,β-unsaturated/α-hetero) is 1. The molecule has 5 fully saturated rings. The maximum atomic E-state index is 14.7. The van der Waals surface area contributed by atoms with Crippen molar-refractivity contribution in [3.63, 3.8) is 0 Å². The summed E-state index contributed by atoms with van der Waals surface area (Å²) in [6, 6.07) is -3.74. The number of nitrogens with one attached hydrogen (secondary N) is 4. The lowest BCUT2D eigenvalue weighted by Crippen LogP contribution is -2.63. The molecule has 1 aliphatic heterocycles. The number of carbonyl (C=O) groups excluding carboxylic acids is 5. The average Bonchev–Trinajstić information content (AvgIpc) is 3.92. The van der Waals surface area contributed by atoms with Crippen LogP contribution in [0.5, 0.6) is 0 Å². The number of likely N-dealkylation sites (tertiary alicyclic amines) is 1. The van der Waals surface area contributed by atoms with Crippen molar-refractivity contribution in [2.75, 3.05) is 19.0 Å². The van der Waals surface area contributed by atoms with Crippen LogP contribution in [-0.2, 0) is 29.0 Å². The van der Waals surface area contributed by atoms with Crippen LogP contribution in [0.1, 0.15) is 125 Å². The minimum absolute atomic E-state index is 0.0143. The van der Waals surface area contributed by atoms with Crippen LogP contribution >= 0.6 is 0 Å². The van der Waals surface area contributed by atoms with E-state index in [4.69, 9.17) is 0 Å². The Morgan fingerprint density at radius 1 is 0.902 bits per heavy atom. The molecule has 1 unspecified atom stereocenters. The molecule has 12 nitrogen and oxygen atoms in total. The van der Waals surface area contributed by atoms with Gasteiger partial charge in [0.25, 0.3) is 5.91 Å². The number of sulfone groups is 1. The van der Waals surface area contributed by atoms with Gasteiger partial charge in [0.05, 0.1) is 28.8 Å². The van der Waals surface area contributed by atoms with Gasteiger partial charge in [0.15, 0.2) is 9.84 Å². The number of fused-ring (bicyclic) bond motifs is 1. The number of ketones is 1. The fourth-order valence-electron chi connectivity index (χ4n) is 8.82. The lowest BCUT2D eigenvalue weighted by molar-refractivity contribution is -0.145. The first-order chi connectivity index (χ1) is 23.9. The molecular formula is C37H60FN5O7S. The van der Waals surface area contributed by atoms with Crippen LogP contribution < -0.4 is 21.3 Å². The summed E-state index contributed by atoms with van der Waals surface area (Å²) in [4.78, 5) is 70.0. The second-order valence-corrected chi connectivity index (χ2v) is 20.3. The van der Waals surface area contributed by atoms with Crippen molar-refractivity contribution in [3.8, 4) is 0 Å². The minimum atomic E-state index is -3.57. The third-order valence-corrected chi connectivity index (χ3v) is 15.2. The molecule has 0 aromatic heterocycles. The van der Waals surface area contributed by atoms with E-state index < -0.39 is 68.6 Å². The zero-order valence-corrected chi connectivity index (χ0v) is 32.0. The lowest BCUT2D eigenvalue weighted by Gasteiger charge is -2.41. The van der Waals surface area contributed by atoms with Crippen molar-refractivity contribution in [2.24, 2.45) is 23.2 Å². The maximum Gasteiger partial charge on any atom is 0.315 e. The summed E-state index contributed by atoms with van der Waals surface area (Å²) >= 11 is 0. The summed E-state index contributed by atoms with van der Waals surface area (Å²) in [5.74, 6) is -3.07. The molecule has 51 heavy (non-hydrogen) atoms. The number of urea groups is 1. The molecule has 5 amide bonds. The Bertz CT molecular complexity index is 1450. The Morgan fingerprint density at radius 2 is 1.53 bits per heavy atom. The van der Waals surface area contributed by atoms with E-state index in [1.54, 1.807) is 20.8 Å². The van der Waals surface area contributed by atoms with Gasteiger partial charge in [0.1, 0.15) is 12.1 Å². The quantitative estimate of drug-likeness (QED) is 0.197. The van der Waals surface area contributed by atoms with Crippen molar-refractivity contribution in [1.82, 2.24) is 26.2 Å². The zero-order valence-electron chi connectivity index (χ0n) is 31.2. The van der Waals surface area contributed by atoms with Crippen molar-refractivity contribution >= 4 is 39.4 Å². The van der Waals surface area contributed by atoms with E-state index >= 15 is 0 Å². The summed E-state index contributed by atoms with van der Waals surface area (Å²) in [6.45, 7) is 8.65. The Hall–Kier alpha value is -2.77. The average molecular weight is 738 g/mol. The smallest absolute Gasteiger partial charge is 0.315 e. The molecule has 288 valence electrons. The Balaban J connectivity index is 1.36. The molecule has 0 radical (unpaired) electrons. The largest absolute Gasteiger partial charge is 0.347 e. The molecule has 5 aliphatic rings. The molecule has 5 atom stereocenters. The number of piperidine rings is 1. The molecule has 0 bridgehead atoms. The standard InChI is InChI=1S/C37H60FN5O7S/c1-35(2,3)51(49,50)22-37(18-10-7-11-19-37)42-34(48)41-28(23-13-8-6-9-14-23)33(47)43-21-25-27(36(25,4)5)29(43)31(45)40-26(15-12-20-38)30(44)32(46)39-24-16-17-24/h23-29H,6-22H2,1-5H3,(H,39,46)(H,40,45)(H2,41,42,48)/t25-,26?,27-,28-,29-/m0/s1. The maximum absolute atomic E-state index is 14.7. The van der Waals surface area contributed by atoms with E-state index in [0.717, 1.165) is 64.2 Å². The van der Waals surface area contributed by atoms with Gasteiger partial charge < -0.3 is 26.2 Å². The first-order valence-corrected chi connectivity index (χ1v) is 20.9. The van der Waals surface area contributed by atoms with Gasteiger partial charge in [-0.1, -0.05) is 52.4 Å². The number of rotatable bonds is 14. The molecule has 1 heterocycles. The van der Waals surface area contributed by atoms with Crippen LogP contribution in [0.4, 0.5) is 9.18 Å². The van der Waals surface area contributed by atoms with Gasteiger partial charge in [-0.15, -0.1) is 0 Å². The first-order valence-electron chi connectivity index (χ1n) is 19.2. The topological polar surface area (TPSA) is 171 Å². The van der Waals surface area contributed by atoms with Crippen LogP contribution in [0, 0.1) is 23.2 Å². The third kappa shape index (κ3) is 8.89. The Labute approximate surface area is 302 Å². The highest BCUT2D eigenvalue weighted by Crippen LogP contribution is 2.65. The van der Waals surface area contributed by atoms with Crippen LogP contribution in [0.25, 0.3) is 0 Å². The van der Waals surface area contributed by atoms with Crippen molar-refractivity contribution in [2.45, 2.75) is 159 Å². The summed E-state index contributed by atoms with van der Waals surface area (Å²) in [7, 11) is -3.57.